The van der Waals surface area contributed by atoms with Crippen molar-refractivity contribution in [2.24, 2.45) is 5.10 Å². The smallest absolute Gasteiger partial charge is 0.313 e. The van der Waals surface area contributed by atoms with E-state index in [2.05, 4.69) is 54.0 Å². The van der Waals surface area contributed by atoms with Gasteiger partial charge in [-0.15, -0.1) is 0 Å². The summed E-state index contributed by atoms with van der Waals surface area (Å²) in [6, 6.07) is 14.5. The number of nitrogens with one attached hydrogen (secondary N) is 1. The third-order valence-electron chi connectivity index (χ3n) is 4.00. The molecule has 0 aliphatic heterocycles. The number of hydrazone groups is 1. The highest BCUT2D eigenvalue weighted by Gasteiger charge is 2.14. The van der Waals surface area contributed by atoms with Gasteiger partial charge in [0.15, 0.2) is 11.5 Å². The largest absolute Gasteiger partial charge is 0.490 e. The molecule has 3 rings (SSSR count). The van der Waals surface area contributed by atoms with Crippen molar-refractivity contribution in [1.29, 1.82) is 0 Å². The van der Waals surface area contributed by atoms with Gasteiger partial charge in [-0.3, -0.25) is 15.5 Å². The van der Waals surface area contributed by atoms with Gasteiger partial charge in [-0.25, -0.2) is 4.98 Å². The van der Waals surface area contributed by atoms with E-state index >= 15 is 0 Å². The number of anilines is 1. The van der Waals surface area contributed by atoms with Crippen molar-refractivity contribution in [2.45, 2.75) is 13.5 Å². The van der Waals surface area contributed by atoms with Gasteiger partial charge in [0.25, 0.3) is 0 Å². The fraction of sp³-hybridized carbons (Fsp3) is 0.143. The monoisotopic (exact) mass is 596 g/mol. The molecule has 0 amide bonds. The molecule has 160 valence electrons. The number of rotatable bonds is 9. The molecule has 31 heavy (non-hydrogen) atoms. The lowest BCUT2D eigenvalue weighted by Gasteiger charge is -2.14. The highest BCUT2D eigenvalue weighted by atomic mass is 127. The predicted octanol–water partition coefficient (Wildman–Crippen LogP) is 5.78. The van der Waals surface area contributed by atoms with Crippen LogP contribution in [0.15, 0.2) is 64.3 Å². The maximum absolute atomic E-state index is 11.1. The lowest BCUT2D eigenvalue weighted by molar-refractivity contribution is -0.384. The molecule has 0 aliphatic rings. The van der Waals surface area contributed by atoms with E-state index in [1.807, 2.05) is 37.3 Å². The first kappa shape index (κ1) is 22.9. The number of ether oxygens (including phenoxy) is 2. The third-order valence-corrected chi connectivity index (χ3v) is 5.30. The Kier molecular flexibility index (Phi) is 8.18. The standard InChI is InChI=1S/C21H18BrIN4O4/c1-2-30-19-11-15(12-25-26-21-18(27(28)29)4-3-9-24-21)10-17(22)20(19)31-13-14-5-7-16(23)8-6-14/h3-12H,2,13H2,1H3,(H,24,26)/b25-12-. The lowest BCUT2D eigenvalue weighted by Crippen LogP contribution is -2.02. The Labute approximate surface area is 201 Å². The van der Waals surface area contributed by atoms with Crippen LogP contribution in [0.4, 0.5) is 11.5 Å². The summed E-state index contributed by atoms with van der Waals surface area (Å²) in [7, 11) is 0. The zero-order valence-electron chi connectivity index (χ0n) is 16.4. The average molecular weight is 597 g/mol. The van der Waals surface area contributed by atoms with Gasteiger partial charge >= 0.3 is 5.69 Å². The van der Waals surface area contributed by atoms with Crippen LogP contribution in [-0.4, -0.2) is 22.7 Å². The quantitative estimate of drug-likeness (QED) is 0.145. The van der Waals surface area contributed by atoms with E-state index in [0.29, 0.717) is 34.7 Å². The number of benzene rings is 2. The van der Waals surface area contributed by atoms with Gasteiger partial charge in [-0.05, 0) is 86.9 Å². The fourth-order valence-corrected chi connectivity index (χ4v) is 3.53. The molecule has 10 heteroatoms. The van der Waals surface area contributed by atoms with E-state index < -0.39 is 4.92 Å². The SMILES string of the molecule is CCOc1cc(/C=N\Nc2ncccc2[N+](=O)[O-])cc(Br)c1OCc1ccc(I)cc1. The molecule has 0 spiro atoms. The molecular formula is C21H18BrIN4O4. The minimum Gasteiger partial charge on any atom is -0.490 e. The number of aromatic nitrogens is 1. The molecule has 0 unspecified atom stereocenters. The van der Waals surface area contributed by atoms with Crippen LogP contribution in [0.3, 0.4) is 0 Å². The molecule has 0 radical (unpaired) electrons. The van der Waals surface area contributed by atoms with Gasteiger partial charge in [0, 0.05) is 15.8 Å². The van der Waals surface area contributed by atoms with Gasteiger partial charge < -0.3 is 9.47 Å². The van der Waals surface area contributed by atoms with Crippen LogP contribution in [0.25, 0.3) is 0 Å². The second kappa shape index (κ2) is 11.0. The van der Waals surface area contributed by atoms with Crippen LogP contribution in [0, 0.1) is 13.7 Å². The van der Waals surface area contributed by atoms with Gasteiger partial charge in [-0.1, -0.05) is 12.1 Å². The zero-order valence-corrected chi connectivity index (χ0v) is 20.2. The third kappa shape index (κ3) is 6.37. The van der Waals surface area contributed by atoms with Crippen LogP contribution in [-0.2, 0) is 6.61 Å². The molecular weight excluding hydrogens is 579 g/mol. The summed E-state index contributed by atoms with van der Waals surface area (Å²) in [6.07, 6.45) is 2.98. The van der Waals surface area contributed by atoms with Crippen molar-refractivity contribution in [3.8, 4) is 11.5 Å². The first-order valence-corrected chi connectivity index (χ1v) is 11.1. The summed E-state index contributed by atoms with van der Waals surface area (Å²) in [6.45, 7) is 2.75. The Balaban J connectivity index is 1.77. The lowest BCUT2D eigenvalue weighted by atomic mass is 10.2. The van der Waals surface area contributed by atoms with Gasteiger partial charge in [0.1, 0.15) is 6.61 Å². The predicted molar refractivity (Wildman–Crippen MR) is 131 cm³/mol. The van der Waals surface area contributed by atoms with E-state index in [-0.39, 0.29) is 11.5 Å². The normalized spacial score (nSPS) is 10.8. The van der Waals surface area contributed by atoms with Crippen LogP contribution >= 0.6 is 38.5 Å². The number of nitrogens with zero attached hydrogens (tertiary/aromatic N) is 3. The molecule has 1 N–H and O–H groups in total. The van der Waals surface area contributed by atoms with Gasteiger partial charge in [0.2, 0.25) is 5.82 Å². The van der Waals surface area contributed by atoms with Crippen molar-refractivity contribution < 1.29 is 14.4 Å². The first-order valence-electron chi connectivity index (χ1n) is 9.20. The molecule has 2 aromatic carbocycles. The minimum atomic E-state index is -0.519. The van der Waals surface area contributed by atoms with Gasteiger partial charge in [-0.2, -0.15) is 5.10 Å². The van der Waals surface area contributed by atoms with Crippen molar-refractivity contribution >= 4 is 56.2 Å². The average Bonchev–Trinajstić information content (AvgIpc) is 2.75. The molecule has 0 bridgehead atoms. The van der Waals surface area contributed by atoms with E-state index in [9.17, 15) is 10.1 Å². The Morgan fingerprint density at radius 1 is 1.26 bits per heavy atom. The van der Waals surface area contributed by atoms with Crippen LogP contribution in [0.2, 0.25) is 0 Å². The molecule has 8 nitrogen and oxygen atoms in total. The van der Waals surface area contributed by atoms with Crippen molar-refractivity contribution in [3.63, 3.8) is 0 Å². The van der Waals surface area contributed by atoms with Crippen molar-refractivity contribution in [3.05, 3.63) is 84.0 Å². The van der Waals surface area contributed by atoms with E-state index in [1.54, 1.807) is 6.07 Å². The molecule has 1 aromatic heterocycles. The Hall–Kier alpha value is -2.73. The maximum atomic E-state index is 11.1. The summed E-state index contributed by atoms with van der Waals surface area (Å²) < 4.78 is 13.6. The molecule has 1 heterocycles. The second-order valence-electron chi connectivity index (χ2n) is 6.18. The highest BCUT2D eigenvalue weighted by molar-refractivity contribution is 14.1. The topological polar surface area (TPSA) is 98.9 Å². The molecule has 3 aromatic rings. The Morgan fingerprint density at radius 2 is 2.03 bits per heavy atom. The second-order valence-corrected chi connectivity index (χ2v) is 8.28. The summed E-state index contributed by atoms with van der Waals surface area (Å²) in [5.74, 6) is 1.21. The maximum Gasteiger partial charge on any atom is 0.313 e. The molecule has 0 saturated heterocycles. The number of hydrogen-bond donors (Lipinski definition) is 1. The number of hydrogen-bond acceptors (Lipinski definition) is 7. The minimum absolute atomic E-state index is 0.0605. The number of halogens is 2. The van der Waals surface area contributed by atoms with Crippen LogP contribution in [0.1, 0.15) is 18.1 Å². The number of pyridine rings is 1. The Morgan fingerprint density at radius 3 is 2.74 bits per heavy atom. The van der Waals surface area contributed by atoms with Gasteiger partial charge in [0.05, 0.1) is 22.2 Å². The number of nitro groups is 1. The summed E-state index contributed by atoms with van der Waals surface area (Å²) >= 11 is 5.79. The summed E-state index contributed by atoms with van der Waals surface area (Å²) in [5.41, 5.74) is 4.21. The van der Waals surface area contributed by atoms with E-state index in [0.717, 1.165) is 9.13 Å². The van der Waals surface area contributed by atoms with Crippen LogP contribution < -0.4 is 14.9 Å². The Bertz CT molecular complexity index is 1090. The van der Waals surface area contributed by atoms with Crippen LogP contribution in [0.5, 0.6) is 11.5 Å². The fourth-order valence-electron chi connectivity index (χ4n) is 2.60. The van der Waals surface area contributed by atoms with E-state index in [4.69, 9.17) is 9.47 Å². The summed E-state index contributed by atoms with van der Waals surface area (Å²) in [5, 5.41) is 15.1. The van der Waals surface area contributed by atoms with Crippen molar-refractivity contribution in [1.82, 2.24) is 4.98 Å². The highest BCUT2D eigenvalue weighted by Crippen LogP contribution is 2.37. The van der Waals surface area contributed by atoms with Crippen molar-refractivity contribution in [2.75, 3.05) is 12.0 Å². The zero-order chi connectivity index (χ0) is 22.2. The van der Waals surface area contributed by atoms with E-state index in [1.165, 1.54) is 24.5 Å². The molecule has 0 fully saturated rings. The first-order chi connectivity index (χ1) is 15.0. The molecule has 0 aliphatic carbocycles. The molecule has 0 saturated carbocycles. The molecule has 0 atom stereocenters. The summed E-state index contributed by atoms with van der Waals surface area (Å²) in [4.78, 5) is 14.5.